The SMILES string of the molecule is CCCn1c(N)c(C(=O)CSc2nc3scc(-c4cccs4)c3c(=O)[nH]2)c(=O)[nH]c1=O. The van der Waals surface area contributed by atoms with Crippen molar-refractivity contribution in [3.05, 3.63) is 59.6 Å². The number of hydrogen-bond acceptors (Lipinski definition) is 9. The number of nitrogens with zero attached hydrogens (tertiary/aromatic N) is 2. The van der Waals surface area contributed by atoms with Gasteiger partial charge in [-0.15, -0.1) is 22.7 Å². The van der Waals surface area contributed by atoms with Crippen LogP contribution in [0.1, 0.15) is 23.7 Å². The number of ketones is 1. The Labute approximate surface area is 187 Å². The number of nitrogen functional groups attached to an aromatic ring is 1. The molecule has 0 amide bonds. The smallest absolute Gasteiger partial charge is 0.329 e. The maximum Gasteiger partial charge on any atom is 0.329 e. The van der Waals surface area contributed by atoms with Crippen molar-refractivity contribution >= 4 is 56.3 Å². The summed E-state index contributed by atoms with van der Waals surface area (Å²) in [6.07, 6.45) is 0.609. The van der Waals surface area contributed by atoms with Crippen molar-refractivity contribution in [2.75, 3.05) is 11.5 Å². The molecule has 0 aliphatic carbocycles. The first kappa shape index (κ1) is 21.3. The Kier molecular flexibility index (Phi) is 5.94. The first-order valence-corrected chi connectivity index (χ1v) is 12.0. The largest absolute Gasteiger partial charge is 0.384 e. The zero-order valence-electron chi connectivity index (χ0n) is 16.3. The zero-order valence-corrected chi connectivity index (χ0v) is 18.7. The van der Waals surface area contributed by atoms with Gasteiger partial charge in [-0.1, -0.05) is 24.8 Å². The number of aromatic nitrogens is 4. The number of nitrogens with two attached hydrogens (primary N) is 1. The lowest BCUT2D eigenvalue weighted by atomic mass is 10.2. The third kappa shape index (κ3) is 4.01. The number of H-pyrrole nitrogens is 2. The topological polar surface area (TPSA) is 144 Å². The van der Waals surface area contributed by atoms with Gasteiger partial charge in [0.05, 0.1) is 11.1 Å². The molecule has 0 aliphatic heterocycles. The number of nitrogens with one attached hydrogen (secondary N) is 2. The molecule has 0 atom stereocenters. The molecular weight excluding hydrogens is 458 g/mol. The first-order valence-electron chi connectivity index (χ1n) is 9.24. The van der Waals surface area contributed by atoms with E-state index in [4.69, 9.17) is 5.73 Å². The Morgan fingerprint density at radius 2 is 2.03 bits per heavy atom. The van der Waals surface area contributed by atoms with Gasteiger partial charge in [0.15, 0.2) is 10.9 Å². The summed E-state index contributed by atoms with van der Waals surface area (Å²) < 4.78 is 1.17. The van der Waals surface area contributed by atoms with Crippen LogP contribution < -0.4 is 22.5 Å². The highest BCUT2D eigenvalue weighted by Crippen LogP contribution is 2.34. The Balaban J connectivity index is 1.61. The second-order valence-electron chi connectivity index (χ2n) is 6.56. The van der Waals surface area contributed by atoms with Gasteiger partial charge in [0, 0.05) is 22.4 Å². The molecule has 0 saturated heterocycles. The molecule has 9 nitrogen and oxygen atoms in total. The van der Waals surface area contributed by atoms with Gasteiger partial charge in [0.25, 0.3) is 11.1 Å². The van der Waals surface area contributed by atoms with Crippen LogP contribution in [-0.4, -0.2) is 31.1 Å². The minimum Gasteiger partial charge on any atom is -0.384 e. The highest BCUT2D eigenvalue weighted by atomic mass is 32.2. The fourth-order valence-electron chi connectivity index (χ4n) is 3.12. The van der Waals surface area contributed by atoms with E-state index in [1.165, 1.54) is 27.2 Å². The van der Waals surface area contributed by atoms with Crippen LogP contribution in [0.25, 0.3) is 20.7 Å². The van der Waals surface area contributed by atoms with Gasteiger partial charge in [-0.05, 0) is 17.9 Å². The van der Waals surface area contributed by atoms with E-state index in [0.717, 1.165) is 22.2 Å². The fourth-order valence-corrected chi connectivity index (χ4v) is 5.67. The Hall–Kier alpha value is -2.96. The zero-order chi connectivity index (χ0) is 22.1. The normalized spacial score (nSPS) is 11.3. The molecule has 31 heavy (non-hydrogen) atoms. The van der Waals surface area contributed by atoms with E-state index in [9.17, 15) is 19.2 Å². The maximum absolute atomic E-state index is 12.7. The highest BCUT2D eigenvalue weighted by molar-refractivity contribution is 7.99. The standard InChI is InChI=1S/C19H17N5O4S3/c1-2-5-24-14(20)13(16(27)22-19(24)28)10(25)8-31-18-21-15(26)12-9(7-30-17(12)23-18)11-4-3-6-29-11/h3-4,6-7H,2,5,8,20H2,1H3,(H,21,23,26)(H,22,27,28). The van der Waals surface area contributed by atoms with Crippen molar-refractivity contribution in [1.82, 2.24) is 19.5 Å². The maximum atomic E-state index is 12.7. The van der Waals surface area contributed by atoms with Crippen molar-refractivity contribution in [2.24, 2.45) is 0 Å². The third-order valence-corrected chi connectivity index (χ3v) is 7.16. The molecule has 0 aliphatic rings. The third-order valence-electron chi connectivity index (χ3n) is 4.51. The Morgan fingerprint density at radius 3 is 2.74 bits per heavy atom. The summed E-state index contributed by atoms with van der Waals surface area (Å²) >= 11 is 3.88. The van der Waals surface area contributed by atoms with E-state index in [1.54, 1.807) is 0 Å². The van der Waals surface area contributed by atoms with Crippen LogP contribution in [0.3, 0.4) is 0 Å². The lowest BCUT2D eigenvalue weighted by molar-refractivity contribution is 0.102. The number of thioether (sulfide) groups is 1. The molecule has 0 fully saturated rings. The van der Waals surface area contributed by atoms with E-state index >= 15 is 0 Å². The Bertz CT molecular complexity index is 1450. The summed E-state index contributed by atoms with van der Waals surface area (Å²) in [5.41, 5.74) is 4.73. The number of anilines is 1. The number of aromatic amines is 2. The predicted molar refractivity (Wildman–Crippen MR) is 125 cm³/mol. The second kappa shape index (κ2) is 8.65. The van der Waals surface area contributed by atoms with Gasteiger partial charge in [-0.2, -0.15) is 0 Å². The van der Waals surface area contributed by atoms with Gasteiger partial charge in [-0.25, -0.2) is 9.78 Å². The number of thiophene rings is 2. The van der Waals surface area contributed by atoms with E-state index in [1.807, 2.05) is 29.8 Å². The molecule has 0 saturated carbocycles. The molecule has 4 N–H and O–H groups in total. The lowest BCUT2D eigenvalue weighted by Gasteiger charge is -2.10. The number of rotatable bonds is 7. The van der Waals surface area contributed by atoms with Gasteiger partial charge in [0.2, 0.25) is 0 Å². The summed E-state index contributed by atoms with van der Waals surface area (Å²) in [6, 6.07) is 3.85. The highest BCUT2D eigenvalue weighted by Gasteiger charge is 2.20. The van der Waals surface area contributed by atoms with E-state index in [-0.39, 0.29) is 34.4 Å². The number of fused-ring (bicyclic) bond motifs is 1. The van der Waals surface area contributed by atoms with Crippen molar-refractivity contribution in [3.63, 3.8) is 0 Å². The van der Waals surface area contributed by atoms with Crippen LogP contribution in [0.5, 0.6) is 0 Å². The quantitative estimate of drug-likeness (QED) is 0.212. The van der Waals surface area contributed by atoms with Crippen molar-refractivity contribution in [2.45, 2.75) is 25.0 Å². The molecule has 4 rings (SSSR count). The lowest BCUT2D eigenvalue weighted by Crippen LogP contribution is -2.36. The number of carbonyl (C=O) groups is 1. The fraction of sp³-hybridized carbons (Fsp3) is 0.211. The van der Waals surface area contributed by atoms with E-state index < -0.39 is 17.0 Å². The van der Waals surface area contributed by atoms with Gasteiger partial charge in [-0.3, -0.25) is 23.9 Å². The van der Waals surface area contributed by atoms with Crippen molar-refractivity contribution < 1.29 is 4.79 Å². The van der Waals surface area contributed by atoms with Crippen LogP contribution in [0, 0.1) is 0 Å². The van der Waals surface area contributed by atoms with Crippen LogP contribution in [-0.2, 0) is 6.54 Å². The average molecular weight is 476 g/mol. The number of carbonyl (C=O) groups excluding carboxylic acids is 1. The average Bonchev–Trinajstić information content (AvgIpc) is 3.39. The minimum absolute atomic E-state index is 0.156. The van der Waals surface area contributed by atoms with Gasteiger partial charge < -0.3 is 10.7 Å². The van der Waals surface area contributed by atoms with Gasteiger partial charge in [0.1, 0.15) is 16.2 Å². The molecule has 0 radical (unpaired) electrons. The molecular formula is C19H17N5O4S3. The van der Waals surface area contributed by atoms with Crippen LogP contribution in [0.4, 0.5) is 5.82 Å². The summed E-state index contributed by atoms with van der Waals surface area (Å²) in [5.74, 6) is -0.881. The molecule has 4 aromatic heterocycles. The number of Topliss-reactive ketones (excluding diaryl/α,β-unsaturated/α-hetero) is 1. The van der Waals surface area contributed by atoms with Crippen LogP contribution in [0.2, 0.25) is 0 Å². The summed E-state index contributed by atoms with van der Waals surface area (Å²) in [6.45, 7) is 2.13. The molecule has 0 spiro atoms. The molecule has 0 unspecified atom stereocenters. The molecule has 0 aromatic carbocycles. The summed E-state index contributed by atoms with van der Waals surface area (Å²) in [7, 11) is 0. The van der Waals surface area contributed by atoms with Crippen LogP contribution >= 0.6 is 34.4 Å². The van der Waals surface area contributed by atoms with Crippen molar-refractivity contribution in [1.29, 1.82) is 0 Å². The summed E-state index contributed by atoms with van der Waals surface area (Å²) in [4.78, 5) is 60.2. The van der Waals surface area contributed by atoms with E-state index in [2.05, 4.69) is 15.0 Å². The second-order valence-corrected chi connectivity index (χ2v) is 9.33. The molecule has 12 heteroatoms. The monoisotopic (exact) mass is 475 g/mol. The number of hydrogen-bond donors (Lipinski definition) is 3. The molecule has 0 bridgehead atoms. The Morgan fingerprint density at radius 1 is 1.23 bits per heavy atom. The molecule has 4 aromatic rings. The van der Waals surface area contributed by atoms with Crippen molar-refractivity contribution in [3.8, 4) is 10.4 Å². The van der Waals surface area contributed by atoms with E-state index in [0.29, 0.717) is 16.6 Å². The van der Waals surface area contributed by atoms with Gasteiger partial charge >= 0.3 is 5.69 Å². The summed E-state index contributed by atoms with van der Waals surface area (Å²) in [5, 5.41) is 4.60. The van der Waals surface area contributed by atoms with Crippen LogP contribution in [0.15, 0.2) is 42.4 Å². The minimum atomic E-state index is -0.823. The molecule has 160 valence electrons. The molecule has 4 heterocycles. The predicted octanol–water partition coefficient (Wildman–Crippen LogP) is 2.53. The first-order chi connectivity index (χ1) is 14.9.